The Bertz CT molecular complexity index is 1210. The molecule has 0 aliphatic carbocycles. The molecule has 0 spiro atoms. The van der Waals surface area contributed by atoms with Crippen LogP contribution in [0.1, 0.15) is 52.6 Å². The molecule has 160 valence electrons. The number of benzene rings is 3. The molecule has 0 saturated heterocycles. The maximum Gasteiger partial charge on any atom is 0.337 e. The zero-order chi connectivity index (χ0) is 22.8. The van der Waals surface area contributed by atoms with E-state index in [9.17, 15) is 19.2 Å². The lowest BCUT2D eigenvalue weighted by Crippen LogP contribution is -2.29. The molecule has 7 nitrogen and oxygen atoms in total. The topological polar surface area (TPSA) is 92.8 Å². The van der Waals surface area contributed by atoms with Gasteiger partial charge in [0, 0.05) is 11.3 Å². The van der Waals surface area contributed by atoms with Crippen LogP contribution in [-0.4, -0.2) is 35.7 Å². The lowest BCUT2D eigenvalue weighted by Gasteiger charge is -2.14. The predicted octanol–water partition coefficient (Wildman–Crippen LogP) is 3.83. The predicted molar refractivity (Wildman–Crippen MR) is 118 cm³/mol. The standard InChI is InChI=1S/C25H20N2O5/c1-15-13-18(25(31)32-2)11-12-21(15)26-22(28)17-9-7-16(8-10-17)14-27-23(29)19-5-3-4-6-20(19)24(27)30/h3-13H,14H2,1-2H3,(H,26,28). The molecule has 1 N–H and O–H groups in total. The molecule has 0 atom stereocenters. The van der Waals surface area contributed by atoms with Crippen molar-refractivity contribution in [1.29, 1.82) is 0 Å². The van der Waals surface area contributed by atoms with Gasteiger partial charge >= 0.3 is 5.97 Å². The van der Waals surface area contributed by atoms with E-state index in [1.165, 1.54) is 12.0 Å². The van der Waals surface area contributed by atoms with E-state index in [0.29, 0.717) is 27.9 Å². The Balaban J connectivity index is 1.44. The molecule has 7 heteroatoms. The Morgan fingerprint density at radius 1 is 0.875 bits per heavy atom. The number of amides is 3. The van der Waals surface area contributed by atoms with Crippen LogP contribution in [0.15, 0.2) is 66.7 Å². The van der Waals surface area contributed by atoms with Crippen molar-refractivity contribution in [1.82, 2.24) is 4.90 Å². The monoisotopic (exact) mass is 428 g/mol. The summed E-state index contributed by atoms with van der Waals surface area (Å²) in [4.78, 5) is 50.5. The van der Waals surface area contributed by atoms with E-state index in [-0.39, 0.29) is 24.3 Å². The Labute approximate surface area is 184 Å². The molecule has 4 rings (SSSR count). The third-order valence-electron chi connectivity index (χ3n) is 5.33. The number of ether oxygens (including phenoxy) is 1. The van der Waals surface area contributed by atoms with Crippen molar-refractivity contribution < 1.29 is 23.9 Å². The smallest absolute Gasteiger partial charge is 0.337 e. The molecule has 3 amide bonds. The Morgan fingerprint density at radius 3 is 2.03 bits per heavy atom. The van der Waals surface area contributed by atoms with E-state index < -0.39 is 5.97 Å². The molecule has 1 aliphatic rings. The molecule has 0 radical (unpaired) electrons. The van der Waals surface area contributed by atoms with Gasteiger partial charge in [0.2, 0.25) is 0 Å². The summed E-state index contributed by atoms with van der Waals surface area (Å²) in [6, 6.07) is 18.3. The first kappa shape index (κ1) is 21.0. The maximum absolute atomic E-state index is 12.6. The molecular weight excluding hydrogens is 408 g/mol. The lowest BCUT2D eigenvalue weighted by molar-refractivity contribution is 0.0597. The number of nitrogens with one attached hydrogen (secondary N) is 1. The van der Waals surface area contributed by atoms with Crippen LogP contribution in [0.5, 0.6) is 0 Å². The van der Waals surface area contributed by atoms with Crippen LogP contribution < -0.4 is 5.32 Å². The number of anilines is 1. The molecule has 0 unspecified atom stereocenters. The molecule has 32 heavy (non-hydrogen) atoms. The highest BCUT2D eigenvalue weighted by Crippen LogP contribution is 2.24. The fourth-order valence-electron chi connectivity index (χ4n) is 3.57. The van der Waals surface area contributed by atoms with E-state index in [4.69, 9.17) is 4.74 Å². The number of hydrogen-bond donors (Lipinski definition) is 1. The second-order valence-electron chi connectivity index (χ2n) is 7.41. The summed E-state index contributed by atoms with van der Waals surface area (Å²) in [6.07, 6.45) is 0. The SMILES string of the molecule is COC(=O)c1ccc(NC(=O)c2ccc(CN3C(=O)c4ccccc4C3=O)cc2)c(C)c1. The molecule has 1 aliphatic heterocycles. The van der Waals surface area contributed by atoms with E-state index in [2.05, 4.69) is 5.32 Å². The normalized spacial score (nSPS) is 12.5. The molecule has 3 aromatic carbocycles. The Morgan fingerprint density at radius 2 is 1.47 bits per heavy atom. The van der Waals surface area contributed by atoms with Gasteiger partial charge < -0.3 is 10.1 Å². The van der Waals surface area contributed by atoms with Crippen LogP contribution in [0.3, 0.4) is 0 Å². The van der Waals surface area contributed by atoms with E-state index in [0.717, 1.165) is 11.1 Å². The van der Waals surface area contributed by atoms with Crippen molar-refractivity contribution in [3.05, 3.63) is 100 Å². The highest BCUT2D eigenvalue weighted by Gasteiger charge is 2.34. The molecule has 0 aromatic heterocycles. The van der Waals surface area contributed by atoms with Crippen LogP contribution in [-0.2, 0) is 11.3 Å². The fourth-order valence-corrected chi connectivity index (χ4v) is 3.57. The van der Waals surface area contributed by atoms with Gasteiger partial charge in [0.1, 0.15) is 0 Å². The van der Waals surface area contributed by atoms with Gasteiger partial charge in [0.15, 0.2) is 0 Å². The number of nitrogens with zero attached hydrogens (tertiary/aromatic N) is 1. The Kier molecular flexibility index (Phi) is 5.55. The van der Waals surface area contributed by atoms with Gasteiger partial charge in [0.05, 0.1) is 30.3 Å². The summed E-state index contributed by atoms with van der Waals surface area (Å²) >= 11 is 0. The van der Waals surface area contributed by atoms with E-state index >= 15 is 0 Å². The number of aryl methyl sites for hydroxylation is 1. The van der Waals surface area contributed by atoms with Gasteiger partial charge in [-0.25, -0.2) is 4.79 Å². The summed E-state index contributed by atoms with van der Waals surface area (Å²) in [5.74, 6) is -1.40. The fraction of sp³-hybridized carbons (Fsp3) is 0.120. The quantitative estimate of drug-likeness (QED) is 0.493. The number of hydrogen-bond acceptors (Lipinski definition) is 5. The van der Waals surface area contributed by atoms with Crippen molar-refractivity contribution in [2.45, 2.75) is 13.5 Å². The van der Waals surface area contributed by atoms with Gasteiger partial charge in [-0.2, -0.15) is 0 Å². The van der Waals surface area contributed by atoms with Crippen molar-refractivity contribution in [3.8, 4) is 0 Å². The van der Waals surface area contributed by atoms with Crippen LogP contribution >= 0.6 is 0 Å². The average Bonchev–Trinajstić information content (AvgIpc) is 3.05. The number of methoxy groups -OCH3 is 1. The van der Waals surface area contributed by atoms with Crippen LogP contribution in [0.2, 0.25) is 0 Å². The van der Waals surface area contributed by atoms with Gasteiger partial charge in [-0.15, -0.1) is 0 Å². The van der Waals surface area contributed by atoms with Crippen LogP contribution in [0.25, 0.3) is 0 Å². The number of esters is 1. The molecular formula is C25H20N2O5. The van der Waals surface area contributed by atoms with Crippen molar-refractivity contribution in [2.24, 2.45) is 0 Å². The van der Waals surface area contributed by atoms with Crippen LogP contribution in [0.4, 0.5) is 5.69 Å². The number of imide groups is 1. The number of carbonyl (C=O) groups is 4. The second kappa shape index (κ2) is 8.47. The minimum atomic E-state index is -0.445. The maximum atomic E-state index is 12.6. The van der Waals surface area contributed by atoms with Crippen molar-refractivity contribution >= 4 is 29.4 Å². The number of carbonyl (C=O) groups excluding carboxylic acids is 4. The van der Waals surface area contributed by atoms with Crippen molar-refractivity contribution in [3.63, 3.8) is 0 Å². The van der Waals surface area contributed by atoms with Crippen molar-refractivity contribution in [2.75, 3.05) is 12.4 Å². The second-order valence-corrected chi connectivity index (χ2v) is 7.41. The Hall–Kier alpha value is -4.26. The largest absolute Gasteiger partial charge is 0.465 e. The number of rotatable bonds is 5. The summed E-state index contributed by atoms with van der Waals surface area (Å²) < 4.78 is 4.70. The first-order chi connectivity index (χ1) is 15.4. The van der Waals surface area contributed by atoms with Gasteiger partial charge in [-0.05, 0) is 60.5 Å². The molecule has 0 saturated carbocycles. The third-order valence-corrected chi connectivity index (χ3v) is 5.33. The first-order valence-corrected chi connectivity index (χ1v) is 9.93. The average molecular weight is 428 g/mol. The van der Waals surface area contributed by atoms with Crippen LogP contribution in [0, 0.1) is 6.92 Å². The summed E-state index contributed by atoms with van der Waals surface area (Å²) in [5, 5.41) is 2.82. The van der Waals surface area contributed by atoms with Gasteiger partial charge in [0.25, 0.3) is 17.7 Å². The third kappa shape index (κ3) is 3.88. The molecule has 0 fully saturated rings. The minimum Gasteiger partial charge on any atom is -0.465 e. The first-order valence-electron chi connectivity index (χ1n) is 9.93. The molecule has 0 bridgehead atoms. The van der Waals surface area contributed by atoms with E-state index in [1.807, 2.05) is 0 Å². The van der Waals surface area contributed by atoms with E-state index in [1.54, 1.807) is 73.7 Å². The van der Waals surface area contributed by atoms with Gasteiger partial charge in [-0.1, -0.05) is 24.3 Å². The number of fused-ring (bicyclic) bond motifs is 1. The zero-order valence-electron chi connectivity index (χ0n) is 17.5. The minimum absolute atomic E-state index is 0.127. The molecule has 1 heterocycles. The summed E-state index contributed by atoms with van der Waals surface area (Å²) in [5.41, 5.74) is 3.67. The molecule has 3 aromatic rings. The zero-order valence-corrected chi connectivity index (χ0v) is 17.5. The highest BCUT2D eigenvalue weighted by molar-refractivity contribution is 6.21. The van der Waals surface area contributed by atoms with Gasteiger partial charge in [-0.3, -0.25) is 19.3 Å². The highest BCUT2D eigenvalue weighted by atomic mass is 16.5. The summed E-state index contributed by atoms with van der Waals surface area (Å²) in [7, 11) is 1.31. The summed E-state index contributed by atoms with van der Waals surface area (Å²) in [6.45, 7) is 1.91. The lowest BCUT2D eigenvalue weighted by atomic mass is 10.1.